The molecule has 4 amide bonds. The van der Waals surface area contributed by atoms with Crippen molar-refractivity contribution in [3.05, 3.63) is 88.7 Å². The van der Waals surface area contributed by atoms with Gasteiger partial charge in [-0.1, -0.05) is 37.3 Å². The number of carbonyl (C=O) groups excluding carboxylic acids is 3. The second-order valence-electron chi connectivity index (χ2n) is 9.06. The van der Waals surface area contributed by atoms with E-state index in [0.29, 0.717) is 52.9 Å². The van der Waals surface area contributed by atoms with Crippen LogP contribution in [0, 0.1) is 5.82 Å². The first-order chi connectivity index (χ1) is 19.8. The van der Waals surface area contributed by atoms with E-state index in [9.17, 15) is 18.8 Å². The summed E-state index contributed by atoms with van der Waals surface area (Å²) in [6.07, 6.45) is 2.20. The molecule has 1 N–H and O–H groups in total. The number of benzene rings is 3. The summed E-state index contributed by atoms with van der Waals surface area (Å²) in [6.45, 7) is 4.66. The third-order valence-electron chi connectivity index (χ3n) is 6.14. The lowest BCUT2D eigenvalue weighted by Crippen LogP contribution is -2.53. The lowest BCUT2D eigenvalue weighted by atomic mass is 10.1. The first-order valence-electron chi connectivity index (χ1n) is 13.2. The molecule has 3 aromatic rings. The largest absolute Gasteiger partial charge is 0.493 e. The molecular formula is C31H31FN2O7. The van der Waals surface area contributed by atoms with Crippen molar-refractivity contribution < 1.29 is 37.7 Å². The van der Waals surface area contributed by atoms with Crippen molar-refractivity contribution in [1.29, 1.82) is 0 Å². The number of barbiturate groups is 1. The molecule has 3 aromatic carbocycles. The number of rotatable bonds is 12. The van der Waals surface area contributed by atoms with Crippen molar-refractivity contribution in [2.24, 2.45) is 0 Å². The number of hydrogen-bond acceptors (Lipinski definition) is 7. The van der Waals surface area contributed by atoms with Crippen LogP contribution in [0.1, 0.15) is 37.0 Å². The summed E-state index contributed by atoms with van der Waals surface area (Å²) in [5.41, 5.74) is 1.24. The van der Waals surface area contributed by atoms with Crippen molar-refractivity contribution >= 4 is 23.9 Å². The van der Waals surface area contributed by atoms with E-state index in [2.05, 4.69) is 5.32 Å². The Labute approximate surface area is 237 Å². The normalized spacial score (nSPS) is 14.2. The van der Waals surface area contributed by atoms with Crippen LogP contribution in [0.3, 0.4) is 0 Å². The molecule has 0 radical (unpaired) electrons. The number of ether oxygens (including phenoxy) is 4. The molecular weight excluding hydrogens is 531 g/mol. The van der Waals surface area contributed by atoms with Gasteiger partial charge >= 0.3 is 6.03 Å². The van der Waals surface area contributed by atoms with E-state index in [1.54, 1.807) is 54.6 Å². The van der Waals surface area contributed by atoms with Gasteiger partial charge in [0, 0.05) is 5.56 Å². The van der Waals surface area contributed by atoms with Crippen LogP contribution in [0.15, 0.2) is 66.2 Å². The number of halogens is 1. The summed E-state index contributed by atoms with van der Waals surface area (Å²) in [4.78, 5) is 39.5. The summed E-state index contributed by atoms with van der Waals surface area (Å²) in [5, 5.41) is 2.22. The van der Waals surface area contributed by atoms with Crippen LogP contribution in [0.5, 0.6) is 23.0 Å². The zero-order chi connectivity index (χ0) is 29.4. The Hall–Kier alpha value is -4.86. The van der Waals surface area contributed by atoms with Crippen molar-refractivity contribution in [2.75, 3.05) is 20.3 Å². The number of amides is 4. The highest BCUT2D eigenvalue weighted by Crippen LogP contribution is 2.32. The van der Waals surface area contributed by atoms with Crippen molar-refractivity contribution in [3.8, 4) is 23.0 Å². The Bertz CT molecular complexity index is 1470. The van der Waals surface area contributed by atoms with E-state index in [4.69, 9.17) is 18.9 Å². The maximum atomic E-state index is 14.0. The minimum Gasteiger partial charge on any atom is -0.493 e. The maximum absolute atomic E-state index is 14.0. The van der Waals surface area contributed by atoms with E-state index in [-0.39, 0.29) is 24.5 Å². The molecule has 1 aliphatic rings. The molecule has 1 saturated heterocycles. The number of methoxy groups -OCH3 is 1. The molecule has 0 aliphatic carbocycles. The van der Waals surface area contributed by atoms with Gasteiger partial charge in [0.25, 0.3) is 11.8 Å². The summed E-state index contributed by atoms with van der Waals surface area (Å²) in [5.74, 6) is -0.205. The molecule has 41 heavy (non-hydrogen) atoms. The molecule has 9 nitrogen and oxygen atoms in total. The molecule has 0 aromatic heterocycles. The highest BCUT2D eigenvalue weighted by atomic mass is 19.1. The molecule has 0 spiro atoms. The van der Waals surface area contributed by atoms with E-state index in [0.717, 1.165) is 11.3 Å². The number of nitrogens with one attached hydrogen (secondary N) is 1. The smallest absolute Gasteiger partial charge is 0.331 e. The molecule has 10 heteroatoms. The maximum Gasteiger partial charge on any atom is 0.331 e. The Morgan fingerprint density at radius 3 is 2.37 bits per heavy atom. The SMILES string of the molecule is CCCOc1ccc(CN2C(=O)NC(=O)/C(=C\c3ccc(OCc4ccccc4F)c(OC)c3)C2=O)cc1OCC. The van der Waals surface area contributed by atoms with Gasteiger partial charge in [-0.25, -0.2) is 9.18 Å². The third-order valence-corrected chi connectivity index (χ3v) is 6.14. The van der Waals surface area contributed by atoms with E-state index < -0.39 is 17.8 Å². The second kappa shape index (κ2) is 13.5. The Kier molecular flexibility index (Phi) is 9.57. The Balaban J connectivity index is 1.54. The van der Waals surface area contributed by atoms with Gasteiger partial charge in [0.15, 0.2) is 23.0 Å². The van der Waals surface area contributed by atoms with Crippen LogP contribution in [-0.2, 0) is 22.7 Å². The summed E-state index contributed by atoms with van der Waals surface area (Å²) in [6, 6.07) is 15.4. The second-order valence-corrected chi connectivity index (χ2v) is 9.06. The fraction of sp³-hybridized carbons (Fsp3) is 0.258. The van der Waals surface area contributed by atoms with Crippen LogP contribution in [0.4, 0.5) is 9.18 Å². The van der Waals surface area contributed by atoms with Crippen molar-refractivity contribution in [2.45, 2.75) is 33.4 Å². The molecule has 1 fully saturated rings. The van der Waals surface area contributed by atoms with Crippen LogP contribution in [-0.4, -0.2) is 43.1 Å². The highest BCUT2D eigenvalue weighted by molar-refractivity contribution is 6.30. The molecule has 1 aliphatic heterocycles. The molecule has 0 bridgehead atoms. The number of nitrogens with zero attached hydrogens (tertiary/aromatic N) is 1. The van der Waals surface area contributed by atoms with E-state index in [1.807, 2.05) is 13.8 Å². The zero-order valence-corrected chi connectivity index (χ0v) is 23.1. The van der Waals surface area contributed by atoms with Crippen LogP contribution < -0.4 is 24.3 Å². The van der Waals surface area contributed by atoms with Crippen molar-refractivity contribution in [3.63, 3.8) is 0 Å². The average molecular weight is 563 g/mol. The first kappa shape index (κ1) is 29.1. The number of imide groups is 2. The van der Waals surface area contributed by atoms with Gasteiger partial charge in [-0.3, -0.25) is 19.8 Å². The quantitative estimate of drug-likeness (QED) is 0.237. The van der Waals surface area contributed by atoms with Crippen LogP contribution >= 0.6 is 0 Å². The number of carbonyl (C=O) groups is 3. The lowest BCUT2D eigenvalue weighted by Gasteiger charge is -2.26. The fourth-order valence-electron chi connectivity index (χ4n) is 4.10. The molecule has 1 heterocycles. The zero-order valence-electron chi connectivity index (χ0n) is 23.1. The summed E-state index contributed by atoms with van der Waals surface area (Å²) in [7, 11) is 1.44. The van der Waals surface area contributed by atoms with E-state index in [1.165, 1.54) is 19.3 Å². The Morgan fingerprint density at radius 2 is 1.63 bits per heavy atom. The molecule has 0 saturated carbocycles. The average Bonchev–Trinajstić information content (AvgIpc) is 2.97. The number of hydrogen-bond donors (Lipinski definition) is 1. The van der Waals surface area contributed by atoms with Gasteiger partial charge in [0.1, 0.15) is 18.0 Å². The Morgan fingerprint density at radius 1 is 0.878 bits per heavy atom. The van der Waals surface area contributed by atoms with E-state index >= 15 is 0 Å². The predicted molar refractivity (Wildman–Crippen MR) is 149 cm³/mol. The van der Waals surface area contributed by atoms with Gasteiger partial charge in [-0.2, -0.15) is 0 Å². The van der Waals surface area contributed by atoms with Crippen molar-refractivity contribution in [1.82, 2.24) is 10.2 Å². The minimum absolute atomic E-state index is 0.0157. The monoisotopic (exact) mass is 562 g/mol. The van der Waals surface area contributed by atoms with Gasteiger partial charge < -0.3 is 18.9 Å². The molecule has 4 rings (SSSR count). The summed E-state index contributed by atoms with van der Waals surface area (Å²) < 4.78 is 36.5. The fourth-order valence-corrected chi connectivity index (χ4v) is 4.10. The van der Waals surface area contributed by atoms with Crippen LogP contribution in [0.2, 0.25) is 0 Å². The minimum atomic E-state index is -0.823. The van der Waals surface area contributed by atoms with Crippen LogP contribution in [0.25, 0.3) is 6.08 Å². The third kappa shape index (κ3) is 7.02. The molecule has 0 atom stereocenters. The molecule has 214 valence electrons. The molecule has 0 unspecified atom stereocenters. The lowest BCUT2D eigenvalue weighted by molar-refractivity contribution is -0.130. The van der Waals surface area contributed by atoms with Gasteiger partial charge in [-0.15, -0.1) is 0 Å². The van der Waals surface area contributed by atoms with Gasteiger partial charge in [0.05, 0.1) is 26.9 Å². The van der Waals surface area contributed by atoms with Gasteiger partial charge in [0.2, 0.25) is 0 Å². The first-order valence-corrected chi connectivity index (χ1v) is 13.2. The topological polar surface area (TPSA) is 103 Å². The van der Waals surface area contributed by atoms with Gasteiger partial charge in [-0.05, 0) is 60.9 Å². The number of urea groups is 1. The standard InChI is InChI=1S/C31H31FN2O7/c1-4-14-40-26-13-11-21(17-28(26)39-5-2)18-34-30(36)23(29(35)33-31(34)37)15-20-10-12-25(27(16-20)38-3)41-19-22-8-6-7-9-24(22)32/h6-13,15-17H,4-5,14,18-19H2,1-3H3,(H,33,35,37)/b23-15+. The summed E-state index contributed by atoms with van der Waals surface area (Å²) >= 11 is 0. The predicted octanol–water partition coefficient (Wildman–Crippen LogP) is 5.26. The highest BCUT2D eigenvalue weighted by Gasteiger charge is 2.36.